The van der Waals surface area contributed by atoms with Gasteiger partial charge in [-0.05, 0) is 46.3 Å². The van der Waals surface area contributed by atoms with E-state index >= 15 is 0 Å². The highest BCUT2D eigenvalue weighted by Gasteiger charge is 2.31. The van der Waals surface area contributed by atoms with Crippen LogP contribution in [0.5, 0.6) is 0 Å². The molecule has 0 atom stereocenters. The van der Waals surface area contributed by atoms with Crippen molar-refractivity contribution >= 4 is 37.5 Å². The summed E-state index contributed by atoms with van der Waals surface area (Å²) in [5.74, 6) is -2.03. The van der Waals surface area contributed by atoms with Crippen LogP contribution in [0.15, 0.2) is 51.8 Å². The van der Waals surface area contributed by atoms with Crippen molar-refractivity contribution < 1.29 is 22.0 Å². The fourth-order valence-corrected chi connectivity index (χ4v) is 4.78. The molecule has 1 saturated heterocycles. The minimum atomic E-state index is -4.14. The molecule has 1 N–H and O–H groups in total. The smallest absolute Gasteiger partial charge is 0.246 e. The first-order valence-electron chi connectivity index (χ1n) is 8.49. The summed E-state index contributed by atoms with van der Waals surface area (Å²) in [5, 5.41) is 2.79. The molecule has 0 radical (unpaired) electrons. The van der Waals surface area contributed by atoms with Crippen LogP contribution in [-0.4, -0.2) is 56.3 Å². The first-order chi connectivity index (χ1) is 13.3. The molecule has 0 bridgehead atoms. The average Bonchev–Trinajstić information content (AvgIpc) is 2.66. The summed E-state index contributed by atoms with van der Waals surface area (Å²) in [6.07, 6.45) is 0. The summed E-state index contributed by atoms with van der Waals surface area (Å²) < 4.78 is 54.3. The first kappa shape index (κ1) is 20.8. The van der Waals surface area contributed by atoms with Crippen molar-refractivity contribution in [3.8, 4) is 0 Å². The largest absolute Gasteiger partial charge is 0.324 e. The lowest BCUT2D eigenvalue weighted by atomic mass is 10.3. The molecule has 1 fully saturated rings. The highest BCUT2D eigenvalue weighted by Crippen LogP contribution is 2.23. The first-order valence-corrected chi connectivity index (χ1v) is 10.7. The Labute approximate surface area is 170 Å². The van der Waals surface area contributed by atoms with E-state index in [0.29, 0.717) is 24.8 Å². The van der Waals surface area contributed by atoms with Gasteiger partial charge in [-0.3, -0.25) is 9.69 Å². The van der Waals surface area contributed by atoms with Crippen LogP contribution in [0.2, 0.25) is 0 Å². The Bertz CT molecular complexity index is 980. The minimum Gasteiger partial charge on any atom is -0.324 e. The van der Waals surface area contributed by atoms with Crippen molar-refractivity contribution in [1.29, 1.82) is 0 Å². The van der Waals surface area contributed by atoms with Gasteiger partial charge in [0, 0.05) is 30.7 Å². The van der Waals surface area contributed by atoms with Crippen LogP contribution in [0.25, 0.3) is 0 Å². The maximum Gasteiger partial charge on any atom is 0.246 e. The number of carbonyl (C=O) groups excluding carboxylic acids is 1. The Morgan fingerprint density at radius 3 is 2.43 bits per heavy atom. The lowest BCUT2D eigenvalue weighted by molar-refractivity contribution is -0.117. The number of carbonyl (C=O) groups is 1. The predicted octanol–water partition coefficient (Wildman–Crippen LogP) is 2.67. The third-order valence-electron chi connectivity index (χ3n) is 4.36. The second-order valence-electron chi connectivity index (χ2n) is 6.28. The van der Waals surface area contributed by atoms with Gasteiger partial charge in [-0.15, -0.1) is 0 Å². The molecular formula is C18H18BrF2N3O3S. The number of sulfonamides is 1. The molecule has 0 unspecified atom stereocenters. The van der Waals surface area contributed by atoms with Gasteiger partial charge in [-0.1, -0.05) is 12.1 Å². The zero-order valence-electron chi connectivity index (χ0n) is 14.7. The summed E-state index contributed by atoms with van der Waals surface area (Å²) in [5.41, 5.74) is 0.648. The molecule has 1 aliphatic heterocycles. The van der Waals surface area contributed by atoms with Crippen LogP contribution in [-0.2, 0) is 14.8 Å². The van der Waals surface area contributed by atoms with Gasteiger partial charge in [-0.25, -0.2) is 17.2 Å². The normalized spacial score (nSPS) is 16.1. The van der Waals surface area contributed by atoms with E-state index in [-0.39, 0.29) is 25.5 Å². The van der Waals surface area contributed by atoms with Crippen molar-refractivity contribution in [2.75, 3.05) is 38.0 Å². The predicted molar refractivity (Wildman–Crippen MR) is 104 cm³/mol. The molecule has 1 heterocycles. The third kappa shape index (κ3) is 4.75. The van der Waals surface area contributed by atoms with E-state index in [1.807, 2.05) is 12.1 Å². The van der Waals surface area contributed by atoms with Crippen molar-refractivity contribution in [1.82, 2.24) is 9.21 Å². The van der Waals surface area contributed by atoms with Gasteiger partial charge in [-0.2, -0.15) is 4.31 Å². The van der Waals surface area contributed by atoms with Gasteiger partial charge in [0.2, 0.25) is 15.9 Å². The van der Waals surface area contributed by atoms with Crippen LogP contribution in [0.3, 0.4) is 0 Å². The molecular weight excluding hydrogens is 456 g/mol. The van der Waals surface area contributed by atoms with E-state index in [2.05, 4.69) is 21.2 Å². The molecule has 10 heteroatoms. The van der Waals surface area contributed by atoms with E-state index < -0.39 is 26.6 Å². The van der Waals surface area contributed by atoms with Crippen LogP contribution >= 0.6 is 15.9 Å². The van der Waals surface area contributed by atoms with E-state index in [9.17, 15) is 22.0 Å². The van der Waals surface area contributed by atoms with E-state index in [0.717, 1.165) is 20.9 Å². The number of nitrogens with one attached hydrogen (secondary N) is 1. The van der Waals surface area contributed by atoms with E-state index in [1.54, 1.807) is 17.0 Å². The number of benzene rings is 2. The standard InChI is InChI=1S/C18H18BrF2N3O3S/c19-14-3-1-2-4-16(14)22-18(25)12-23-7-9-24(10-8-23)28(26,27)17-11-13(20)5-6-15(17)21/h1-6,11H,7-10,12H2,(H,22,25). The molecule has 3 rings (SSSR count). The fourth-order valence-electron chi connectivity index (χ4n) is 2.90. The molecule has 6 nitrogen and oxygen atoms in total. The number of amides is 1. The SMILES string of the molecule is O=C(CN1CCN(S(=O)(=O)c2cc(F)ccc2F)CC1)Nc1ccccc1Br. The van der Waals surface area contributed by atoms with Gasteiger partial charge in [0.05, 0.1) is 12.2 Å². The summed E-state index contributed by atoms with van der Waals surface area (Å²) in [4.78, 5) is 13.4. The zero-order valence-corrected chi connectivity index (χ0v) is 17.1. The topological polar surface area (TPSA) is 69.7 Å². The van der Waals surface area contributed by atoms with Crippen molar-refractivity contribution in [2.24, 2.45) is 0 Å². The quantitative estimate of drug-likeness (QED) is 0.724. The maximum absolute atomic E-state index is 13.9. The second-order valence-corrected chi connectivity index (χ2v) is 9.04. The monoisotopic (exact) mass is 473 g/mol. The summed E-state index contributed by atoms with van der Waals surface area (Å²) in [6, 6.07) is 9.56. The molecule has 1 aliphatic rings. The van der Waals surface area contributed by atoms with E-state index in [1.165, 1.54) is 0 Å². The molecule has 0 aliphatic carbocycles. The molecule has 2 aromatic carbocycles. The van der Waals surface area contributed by atoms with Gasteiger partial charge in [0.15, 0.2) is 0 Å². The number of halogens is 3. The van der Waals surface area contributed by atoms with E-state index in [4.69, 9.17) is 0 Å². The van der Waals surface area contributed by atoms with Crippen molar-refractivity contribution in [3.05, 3.63) is 58.6 Å². The van der Waals surface area contributed by atoms with Gasteiger partial charge in [0.1, 0.15) is 16.5 Å². The number of anilines is 1. The number of hydrogen-bond acceptors (Lipinski definition) is 4. The summed E-state index contributed by atoms with van der Waals surface area (Å²) in [7, 11) is -4.14. The summed E-state index contributed by atoms with van der Waals surface area (Å²) in [6.45, 7) is 0.879. The summed E-state index contributed by atoms with van der Waals surface area (Å²) >= 11 is 3.35. The lowest BCUT2D eigenvalue weighted by Crippen LogP contribution is -2.50. The van der Waals surface area contributed by atoms with Crippen LogP contribution in [0.4, 0.5) is 14.5 Å². The number of rotatable bonds is 5. The molecule has 1 amide bonds. The highest BCUT2D eigenvalue weighted by atomic mass is 79.9. The van der Waals surface area contributed by atoms with Gasteiger partial charge >= 0.3 is 0 Å². The van der Waals surface area contributed by atoms with Crippen molar-refractivity contribution in [3.63, 3.8) is 0 Å². The van der Waals surface area contributed by atoms with Gasteiger partial charge in [0.25, 0.3) is 0 Å². The second kappa shape index (κ2) is 8.64. The number of piperazine rings is 1. The van der Waals surface area contributed by atoms with Crippen molar-refractivity contribution in [2.45, 2.75) is 4.90 Å². The number of hydrogen-bond donors (Lipinski definition) is 1. The fraction of sp³-hybridized carbons (Fsp3) is 0.278. The van der Waals surface area contributed by atoms with Crippen LogP contribution < -0.4 is 5.32 Å². The Morgan fingerprint density at radius 2 is 1.75 bits per heavy atom. The molecule has 28 heavy (non-hydrogen) atoms. The third-order valence-corrected chi connectivity index (χ3v) is 6.96. The van der Waals surface area contributed by atoms with Gasteiger partial charge < -0.3 is 5.32 Å². The molecule has 2 aromatic rings. The highest BCUT2D eigenvalue weighted by molar-refractivity contribution is 9.10. The Morgan fingerprint density at radius 1 is 1.07 bits per heavy atom. The minimum absolute atomic E-state index is 0.0839. The number of para-hydroxylation sites is 1. The molecule has 0 aromatic heterocycles. The Hall–Kier alpha value is -1.88. The zero-order chi connectivity index (χ0) is 20.3. The Balaban J connectivity index is 1.59. The Kier molecular flexibility index (Phi) is 6.43. The van der Waals surface area contributed by atoms with Crippen LogP contribution in [0.1, 0.15) is 0 Å². The maximum atomic E-state index is 13.9. The number of nitrogens with zero attached hydrogens (tertiary/aromatic N) is 2. The molecule has 0 spiro atoms. The van der Waals surface area contributed by atoms with Crippen LogP contribution in [0, 0.1) is 11.6 Å². The lowest BCUT2D eigenvalue weighted by Gasteiger charge is -2.33. The average molecular weight is 474 g/mol. The molecule has 0 saturated carbocycles. The molecule has 150 valence electrons.